The second-order valence-electron chi connectivity index (χ2n) is 6.20. The summed E-state index contributed by atoms with van der Waals surface area (Å²) in [6, 6.07) is 7.37. The van der Waals surface area contributed by atoms with Gasteiger partial charge >= 0.3 is 0 Å². The van der Waals surface area contributed by atoms with Crippen molar-refractivity contribution in [3.8, 4) is 0 Å². The van der Waals surface area contributed by atoms with E-state index in [0.29, 0.717) is 11.6 Å². The standard InChI is InChI=1S/C19H22ClN3O2S/c1-22(19(24)7-4-15-2-5-16(20)6-3-15)12-17-14-26-18(21-17)13-23-8-10-25-11-9-23/h2-7,14H,8-13H2,1H3/b7-4+. The van der Waals surface area contributed by atoms with Gasteiger partial charge in [-0.15, -0.1) is 11.3 Å². The summed E-state index contributed by atoms with van der Waals surface area (Å²) in [6.45, 7) is 4.82. The minimum absolute atomic E-state index is 0.0531. The van der Waals surface area contributed by atoms with Crippen molar-refractivity contribution < 1.29 is 9.53 Å². The number of halogens is 1. The molecule has 2 aromatic rings. The number of likely N-dealkylation sites (N-methyl/N-ethyl adjacent to an activating group) is 1. The van der Waals surface area contributed by atoms with Gasteiger partial charge in [0.1, 0.15) is 5.01 Å². The zero-order chi connectivity index (χ0) is 18.4. The van der Waals surface area contributed by atoms with Gasteiger partial charge < -0.3 is 9.64 Å². The van der Waals surface area contributed by atoms with Gasteiger partial charge in [0, 0.05) is 36.6 Å². The van der Waals surface area contributed by atoms with E-state index in [1.807, 2.05) is 17.5 Å². The first-order chi connectivity index (χ1) is 12.6. The second kappa shape index (κ2) is 9.28. The summed E-state index contributed by atoms with van der Waals surface area (Å²) in [6.07, 6.45) is 3.37. The number of carbonyl (C=O) groups excluding carboxylic acids is 1. The van der Waals surface area contributed by atoms with E-state index >= 15 is 0 Å². The highest BCUT2D eigenvalue weighted by atomic mass is 35.5. The number of nitrogens with zero attached hydrogens (tertiary/aromatic N) is 3. The molecule has 0 bridgehead atoms. The van der Waals surface area contributed by atoms with Crippen molar-refractivity contribution in [3.05, 3.63) is 57.0 Å². The Kier molecular flexibility index (Phi) is 6.80. The van der Waals surface area contributed by atoms with Gasteiger partial charge in [0.15, 0.2) is 0 Å². The van der Waals surface area contributed by atoms with Crippen molar-refractivity contribution in [2.24, 2.45) is 0 Å². The van der Waals surface area contributed by atoms with Crippen LogP contribution in [-0.2, 0) is 22.6 Å². The van der Waals surface area contributed by atoms with Crippen molar-refractivity contribution in [1.82, 2.24) is 14.8 Å². The van der Waals surface area contributed by atoms with E-state index in [9.17, 15) is 4.79 Å². The molecule has 1 aromatic heterocycles. The zero-order valence-corrected chi connectivity index (χ0v) is 16.3. The van der Waals surface area contributed by atoms with Crippen LogP contribution in [0.25, 0.3) is 6.08 Å². The fourth-order valence-electron chi connectivity index (χ4n) is 2.63. The van der Waals surface area contributed by atoms with Gasteiger partial charge in [-0.3, -0.25) is 9.69 Å². The molecule has 0 aliphatic carbocycles. The third kappa shape index (κ3) is 5.64. The van der Waals surface area contributed by atoms with Crippen molar-refractivity contribution in [2.45, 2.75) is 13.1 Å². The smallest absolute Gasteiger partial charge is 0.246 e. The maximum Gasteiger partial charge on any atom is 0.246 e. The summed E-state index contributed by atoms with van der Waals surface area (Å²) in [5.74, 6) is -0.0531. The number of carbonyl (C=O) groups is 1. The largest absolute Gasteiger partial charge is 0.379 e. The number of aromatic nitrogens is 1. The lowest BCUT2D eigenvalue weighted by Gasteiger charge is -2.25. The van der Waals surface area contributed by atoms with E-state index in [0.717, 1.165) is 49.1 Å². The van der Waals surface area contributed by atoms with Crippen LogP contribution < -0.4 is 0 Å². The van der Waals surface area contributed by atoms with Crippen LogP contribution in [-0.4, -0.2) is 54.0 Å². The summed E-state index contributed by atoms with van der Waals surface area (Å²) >= 11 is 7.51. The molecule has 5 nitrogen and oxygen atoms in total. The molecule has 0 atom stereocenters. The summed E-state index contributed by atoms with van der Waals surface area (Å²) in [5, 5.41) is 3.80. The summed E-state index contributed by atoms with van der Waals surface area (Å²) in [5.41, 5.74) is 1.87. The first-order valence-electron chi connectivity index (χ1n) is 8.52. The molecule has 0 N–H and O–H groups in total. The van der Waals surface area contributed by atoms with Crippen LogP contribution in [0, 0.1) is 0 Å². The van der Waals surface area contributed by atoms with Crippen LogP contribution in [0.15, 0.2) is 35.7 Å². The van der Waals surface area contributed by atoms with E-state index in [-0.39, 0.29) is 5.91 Å². The lowest BCUT2D eigenvalue weighted by atomic mass is 10.2. The van der Waals surface area contributed by atoms with Crippen molar-refractivity contribution in [2.75, 3.05) is 33.4 Å². The van der Waals surface area contributed by atoms with Gasteiger partial charge in [-0.05, 0) is 23.8 Å². The predicted octanol–water partition coefficient (Wildman–Crippen LogP) is 3.30. The van der Waals surface area contributed by atoms with Crippen molar-refractivity contribution >= 4 is 34.9 Å². The third-order valence-electron chi connectivity index (χ3n) is 4.13. The van der Waals surface area contributed by atoms with Crippen LogP contribution in [0.3, 0.4) is 0 Å². The van der Waals surface area contributed by atoms with Crippen molar-refractivity contribution in [3.63, 3.8) is 0 Å². The first kappa shape index (κ1) is 19.0. The normalized spacial score (nSPS) is 15.5. The van der Waals surface area contributed by atoms with Gasteiger partial charge in [0.05, 0.1) is 32.0 Å². The Morgan fingerprint density at radius 2 is 2.08 bits per heavy atom. The summed E-state index contributed by atoms with van der Waals surface area (Å²) < 4.78 is 5.37. The fraction of sp³-hybridized carbons (Fsp3) is 0.368. The van der Waals surface area contributed by atoms with Gasteiger partial charge in [-0.25, -0.2) is 4.98 Å². The first-order valence-corrected chi connectivity index (χ1v) is 9.78. The molecule has 1 aliphatic heterocycles. The molecular weight excluding hydrogens is 370 g/mol. The Labute approximate surface area is 162 Å². The van der Waals surface area contributed by atoms with Crippen molar-refractivity contribution in [1.29, 1.82) is 0 Å². The monoisotopic (exact) mass is 391 g/mol. The quantitative estimate of drug-likeness (QED) is 0.709. The highest BCUT2D eigenvalue weighted by molar-refractivity contribution is 7.09. The molecule has 0 saturated carbocycles. The Balaban J connectivity index is 1.51. The molecule has 1 fully saturated rings. The molecule has 0 spiro atoms. The molecule has 1 amide bonds. The Morgan fingerprint density at radius 1 is 1.35 bits per heavy atom. The van der Waals surface area contributed by atoms with E-state index in [1.54, 1.807) is 47.6 Å². The van der Waals surface area contributed by atoms with Gasteiger partial charge in [-0.1, -0.05) is 23.7 Å². The van der Waals surface area contributed by atoms with Crippen LogP contribution in [0.2, 0.25) is 5.02 Å². The highest BCUT2D eigenvalue weighted by Crippen LogP contribution is 2.15. The third-order valence-corrected chi connectivity index (χ3v) is 5.26. The fourth-order valence-corrected chi connectivity index (χ4v) is 3.59. The molecule has 26 heavy (non-hydrogen) atoms. The van der Waals surface area contributed by atoms with Gasteiger partial charge in [-0.2, -0.15) is 0 Å². The van der Waals surface area contributed by atoms with E-state index in [1.165, 1.54) is 0 Å². The SMILES string of the molecule is CN(Cc1csc(CN2CCOCC2)n1)C(=O)/C=C/c1ccc(Cl)cc1. The molecule has 3 rings (SSSR count). The second-order valence-corrected chi connectivity index (χ2v) is 7.58. The molecule has 1 saturated heterocycles. The lowest BCUT2D eigenvalue weighted by molar-refractivity contribution is -0.125. The van der Waals surface area contributed by atoms with E-state index in [2.05, 4.69) is 9.88 Å². The van der Waals surface area contributed by atoms with Crippen LogP contribution >= 0.6 is 22.9 Å². The number of hydrogen-bond acceptors (Lipinski definition) is 5. The highest BCUT2D eigenvalue weighted by Gasteiger charge is 2.14. The number of morpholine rings is 1. The lowest BCUT2D eigenvalue weighted by Crippen LogP contribution is -2.35. The number of thiazole rings is 1. The maximum absolute atomic E-state index is 12.3. The van der Waals surface area contributed by atoms with Crippen LogP contribution in [0.4, 0.5) is 0 Å². The van der Waals surface area contributed by atoms with Gasteiger partial charge in [0.25, 0.3) is 0 Å². The minimum atomic E-state index is -0.0531. The predicted molar refractivity (Wildman–Crippen MR) is 105 cm³/mol. The Morgan fingerprint density at radius 3 is 2.81 bits per heavy atom. The Bertz CT molecular complexity index is 754. The molecule has 0 unspecified atom stereocenters. The topological polar surface area (TPSA) is 45.7 Å². The molecule has 2 heterocycles. The summed E-state index contributed by atoms with van der Waals surface area (Å²) in [4.78, 5) is 20.9. The van der Waals surface area contributed by atoms with Gasteiger partial charge in [0.2, 0.25) is 5.91 Å². The Hall–Kier alpha value is -1.73. The zero-order valence-electron chi connectivity index (χ0n) is 14.7. The molecule has 7 heteroatoms. The minimum Gasteiger partial charge on any atom is -0.379 e. The number of rotatable bonds is 6. The number of hydrogen-bond donors (Lipinski definition) is 0. The number of benzene rings is 1. The average molecular weight is 392 g/mol. The molecular formula is C19H22ClN3O2S. The van der Waals surface area contributed by atoms with Crippen LogP contribution in [0.1, 0.15) is 16.3 Å². The number of ether oxygens (including phenoxy) is 1. The maximum atomic E-state index is 12.3. The number of amides is 1. The summed E-state index contributed by atoms with van der Waals surface area (Å²) in [7, 11) is 1.79. The van der Waals surface area contributed by atoms with E-state index < -0.39 is 0 Å². The van der Waals surface area contributed by atoms with E-state index in [4.69, 9.17) is 16.3 Å². The molecule has 1 aliphatic rings. The molecule has 0 radical (unpaired) electrons. The van der Waals surface area contributed by atoms with Crippen LogP contribution in [0.5, 0.6) is 0 Å². The molecule has 138 valence electrons. The average Bonchev–Trinajstić information content (AvgIpc) is 3.08. The molecule has 1 aromatic carbocycles.